The van der Waals surface area contributed by atoms with E-state index in [0.29, 0.717) is 22.7 Å². The molecule has 18 heavy (non-hydrogen) atoms. The van der Waals surface area contributed by atoms with Gasteiger partial charge in [-0.2, -0.15) is 0 Å². The first-order valence-corrected chi connectivity index (χ1v) is 6.11. The molecular weight excluding hydrogens is 303 g/mol. The van der Waals surface area contributed by atoms with E-state index in [1.807, 2.05) is 6.92 Å². The van der Waals surface area contributed by atoms with Gasteiger partial charge >= 0.3 is 0 Å². The molecule has 0 heterocycles. The summed E-state index contributed by atoms with van der Waals surface area (Å²) < 4.78 is 18.7. The molecule has 0 aliphatic rings. The van der Waals surface area contributed by atoms with Gasteiger partial charge in [-0.3, -0.25) is 5.43 Å². The lowest BCUT2D eigenvalue weighted by Gasteiger charge is -2.12. The third-order valence-corrected chi connectivity index (χ3v) is 2.72. The second-order valence-corrected chi connectivity index (χ2v) is 4.53. The van der Waals surface area contributed by atoms with E-state index in [1.54, 1.807) is 19.2 Å². The van der Waals surface area contributed by atoms with Crippen molar-refractivity contribution in [2.24, 2.45) is 10.8 Å². The fraction of sp³-hybridized carbons (Fsp3) is 0.364. The lowest BCUT2D eigenvalue weighted by molar-refractivity contribution is 0.185. The number of nitrogens with zero attached hydrogens (tertiary/aromatic N) is 1. The minimum absolute atomic E-state index is 0.0613. The molecule has 1 atom stereocenters. The average molecular weight is 319 g/mol. The van der Waals surface area contributed by atoms with Gasteiger partial charge in [-0.1, -0.05) is 0 Å². The summed E-state index contributed by atoms with van der Waals surface area (Å²) in [5.74, 6) is 5.33. The first-order chi connectivity index (χ1) is 8.56. The van der Waals surface area contributed by atoms with Crippen LogP contribution in [0, 0.1) is 5.82 Å². The number of methoxy groups -OCH3 is 1. The second-order valence-electron chi connectivity index (χ2n) is 3.68. The van der Waals surface area contributed by atoms with Gasteiger partial charge in [-0.25, -0.2) is 15.2 Å². The second kappa shape index (κ2) is 7.30. The van der Waals surface area contributed by atoms with Crippen LogP contribution in [0.1, 0.15) is 6.92 Å². The Bertz CT molecular complexity index is 428. The zero-order valence-electron chi connectivity index (χ0n) is 10.2. The molecule has 1 aromatic carbocycles. The molecule has 0 radical (unpaired) electrons. The number of hydrogen-bond donors (Lipinski definition) is 3. The van der Waals surface area contributed by atoms with Gasteiger partial charge in [0.1, 0.15) is 5.82 Å². The lowest BCUT2D eigenvalue weighted by Crippen LogP contribution is -2.37. The predicted octanol–water partition coefficient (Wildman–Crippen LogP) is 1.85. The van der Waals surface area contributed by atoms with Crippen molar-refractivity contribution in [3.05, 3.63) is 28.5 Å². The number of benzene rings is 1. The quantitative estimate of drug-likeness (QED) is 0.343. The highest BCUT2D eigenvalue weighted by molar-refractivity contribution is 9.10. The summed E-state index contributed by atoms with van der Waals surface area (Å²) >= 11 is 3.08. The number of hydrogen-bond acceptors (Lipinski definition) is 3. The van der Waals surface area contributed by atoms with Crippen molar-refractivity contribution < 1.29 is 9.13 Å². The van der Waals surface area contributed by atoms with Crippen molar-refractivity contribution in [1.82, 2.24) is 5.43 Å². The third kappa shape index (κ3) is 4.59. The van der Waals surface area contributed by atoms with E-state index in [-0.39, 0.29) is 11.9 Å². The van der Waals surface area contributed by atoms with E-state index in [9.17, 15) is 4.39 Å². The highest BCUT2D eigenvalue weighted by Crippen LogP contribution is 2.19. The summed E-state index contributed by atoms with van der Waals surface area (Å²) in [6, 6.07) is 4.59. The molecule has 5 nitrogen and oxygen atoms in total. The van der Waals surface area contributed by atoms with Gasteiger partial charge in [0.2, 0.25) is 5.96 Å². The summed E-state index contributed by atoms with van der Waals surface area (Å²) in [5.41, 5.74) is 2.98. The molecule has 0 spiro atoms. The van der Waals surface area contributed by atoms with Crippen LogP contribution in [-0.2, 0) is 4.74 Å². The van der Waals surface area contributed by atoms with Crippen LogP contribution < -0.4 is 16.6 Å². The van der Waals surface area contributed by atoms with Crippen molar-refractivity contribution in [1.29, 1.82) is 0 Å². The molecule has 1 unspecified atom stereocenters. The highest BCUT2D eigenvalue weighted by atomic mass is 79.9. The number of aliphatic imine (C=N–C) groups is 1. The minimum Gasteiger partial charge on any atom is -0.382 e. The van der Waals surface area contributed by atoms with Gasteiger partial charge in [0.05, 0.1) is 17.1 Å². The maximum Gasteiger partial charge on any atom is 0.210 e. The summed E-state index contributed by atoms with van der Waals surface area (Å²) in [4.78, 5) is 4.24. The number of anilines is 1. The summed E-state index contributed by atoms with van der Waals surface area (Å²) in [7, 11) is 1.60. The Morgan fingerprint density at radius 3 is 2.89 bits per heavy atom. The molecule has 1 aromatic rings. The van der Waals surface area contributed by atoms with E-state index >= 15 is 0 Å². The van der Waals surface area contributed by atoms with Crippen LogP contribution in [0.4, 0.5) is 10.1 Å². The van der Waals surface area contributed by atoms with Crippen LogP contribution in [0.5, 0.6) is 0 Å². The van der Waals surface area contributed by atoms with Gasteiger partial charge in [0, 0.05) is 12.8 Å². The van der Waals surface area contributed by atoms with Crippen LogP contribution in [-0.4, -0.2) is 25.7 Å². The summed E-state index contributed by atoms with van der Waals surface area (Å²) in [6.07, 6.45) is 0. The Morgan fingerprint density at radius 2 is 2.33 bits per heavy atom. The molecular formula is C11H16BrFN4O. The molecule has 0 saturated carbocycles. The van der Waals surface area contributed by atoms with Crippen LogP contribution in [0.2, 0.25) is 0 Å². The lowest BCUT2D eigenvalue weighted by atomic mass is 10.3. The van der Waals surface area contributed by atoms with Crippen LogP contribution in [0.25, 0.3) is 0 Å². The maximum absolute atomic E-state index is 13.3. The zero-order chi connectivity index (χ0) is 13.5. The summed E-state index contributed by atoms with van der Waals surface area (Å²) in [6.45, 7) is 2.35. The molecule has 0 saturated heterocycles. The SMILES string of the molecule is COCC(C)N=C(NN)Nc1ccc(Br)c(F)c1. The smallest absolute Gasteiger partial charge is 0.210 e. The van der Waals surface area contributed by atoms with Gasteiger partial charge in [0.15, 0.2) is 0 Å². The largest absolute Gasteiger partial charge is 0.382 e. The fourth-order valence-corrected chi connectivity index (χ4v) is 1.56. The number of ether oxygens (including phenoxy) is 1. The van der Waals surface area contributed by atoms with Crippen molar-refractivity contribution in [2.75, 3.05) is 19.0 Å². The average Bonchev–Trinajstić information content (AvgIpc) is 2.33. The van der Waals surface area contributed by atoms with Gasteiger partial charge < -0.3 is 10.1 Å². The number of nitrogens with two attached hydrogens (primary N) is 1. The van der Waals surface area contributed by atoms with Gasteiger partial charge in [0.25, 0.3) is 0 Å². The van der Waals surface area contributed by atoms with E-state index in [1.165, 1.54) is 6.07 Å². The minimum atomic E-state index is -0.360. The first kappa shape index (κ1) is 14.9. The van der Waals surface area contributed by atoms with E-state index in [0.717, 1.165) is 0 Å². The topological polar surface area (TPSA) is 71.7 Å². The summed E-state index contributed by atoms with van der Waals surface area (Å²) in [5, 5.41) is 2.88. The molecule has 4 N–H and O–H groups in total. The Labute approximate surface area is 114 Å². The molecule has 0 aliphatic heterocycles. The molecule has 0 aromatic heterocycles. The highest BCUT2D eigenvalue weighted by Gasteiger charge is 2.05. The van der Waals surface area contributed by atoms with Crippen LogP contribution in [0.15, 0.2) is 27.7 Å². The predicted molar refractivity (Wildman–Crippen MR) is 73.8 cm³/mol. The first-order valence-electron chi connectivity index (χ1n) is 5.32. The molecule has 0 aliphatic carbocycles. The molecule has 7 heteroatoms. The Hall–Kier alpha value is -1.18. The van der Waals surface area contributed by atoms with Crippen LogP contribution in [0.3, 0.4) is 0 Å². The van der Waals surface area contributed by atoms with Crippen molar-refractivity contribution >= 4 is 27.6 Å². The molecule has 100 valence electrons. The molecule has 1 rings (SSSR count). The Kier molecular flexibility index (Phi) is 6.03. The number of hydrazine groups is 1. The van der Waals surface area contributed by atoms with E-state index in [4.69, 9.17) is 10.6 Å². The van der Waals surface area contributed by atoms with Crippen molar-refractivity contribution in [2.45, 2.75) is 13.0 Å². The van der Waals surface area contributed by atoms with Gasteiger partial charge in [-0.15, -0.1) is 0 Å². The number of guanidine groups is 1. The van der Waals surface area contributed by atoms with Crippen molar-refractivity contribution in [3.8, 4) is 0 Å². The molecule has 0 bridgehead atoms. The van der Waals surface area contributed by atoms with Gasteiger partial charge in [-0.05, 0) is 41.1 Å². The number of rotatable bonds is 4. The Balaban J connectivity index is 2.76. The van der Waals surface area contributed by atoms with Crippen molar-refractivity contribution in [3.63, 3.8) is 0 Å². The zero-order valence-corrected chi connectivity index (χ0v) is 11.8. The monoisotopic (exact) mass is 318 g/mol. The van der Waals surface area contributed by atoms with E-state index < -0.39 is 0 Å². The number of halogens is 2. The standard InChI is InChI=1S/C11H16BrFN4O/c1-7(6-18-2)15-11(17-14)16-8-3-4-9(12)10(13)5-8/h3-5,7H,6,14H2,1-2H3,(H2,15,16,17). The van der Waals surface area contributed by atoms with Crippen LogP contribution >= 0.6 is 15.9 Å². The normalized spacial score (nSPS) is 13.3. The molecule has 0 fully saturated rings. The number of nitrogens with one attached hydrogen (secondary N) is 2. The Morgan fingerprint density at radius 1 is 1.61 bits per heavy atom. The third-order valence-electron chi connectivity index (χ3n) is 2.08. The maximum atomic E-state index is 13.3. The molecule has 0 amide bonds. The van der Waals surface area contributed by atoms with E-state index in [2.05, 4.69) is 31.7 Å². The fourth-order valence-electron chi connectivity index (χ4n) is 1.32.